The number of hydrogen-bond acceptors (Lipinski definition) is 2. The van der Waals surface area contributed by atoms with E-state index in [4.69, 9.17) is 0 Å². The van der Waals surface area contributed by atoms with Gasteiger partial charge in [0.2, 0.25) is 0 Å². The lowest BCUT2D eigenvalue weighted by Gasteiger charge is -2.47. The minimum atomic E-state index is 0.395. The van der Waals surface area contributed by atoms with Crippen LogP contribution in [-0.2, 0) is 0 Å². The summed E-state index contributed by atoms with van der Waals surface area (Å²) in [6.45, 7) is 8.56. The molecule has 2 atom stereocenters. The van der Waals surface area contributed by atoms with Crippen LogP contribution in [-0.4, -0.2) is 36.1 Å². The van der Waals surface area contributed by atoms with Crippen LogP contribution in [0.5, 0.6) is 0 Å². The summed E-state index contributed by atoms with van der Waals surface area (Å²) in [4.78, 5) is 2.80. The van der Waals surface area contributed by atoms with Crippen LogP contribution < -0.4 is 5.32 Å². The highest BCUT2D eigenvalue weighted by atomic mass is 15.3. The largest absolute Gasteiger partial charge is 0.308 e. The Kier molecular flexibility index (Phi) is 4.52. The second-order valence-electron chi connectivity index (χ2n) is 7.46. The quantitative estimate of drug-likeness (QED) is 0.770. The van der Waals surface area contributed by atoms with Crippen molar-refractivity contribution in [1.82, 2.24) is 10.2 Å². The number of nitrogens with zero attached hydrogens (tertiary/aromatic N) is 1. The van der Waals surface area contributed by atoms with Gasteiger partial charge in [-0.3, -0.25) is 4.90 Å². The molecule has 2 heteroatoms. The SMILES string of the molecule is CCC1CNC(C)(C2CC2)CN1CCC1=CCCCC1. The molecule has 0 aromatic rings. The minimum absolute atomic E-state index is 0.395. The maximum atomic E-state index is 3.87. The summed E-state index contributed by atoms with van der Waals surface area (Å²) in [5.41, 5.74) is 2.13. The molecule has 3 rings (SSSR count). The zero-order valence-electron chi connectivity index (χ0n) is 13.5. The van der Waals surface area contributed by atoms with Gasteiger partial charge in [0.25, 0.3) is 0 Å². The molecular weight excluding hydrogens is 244 g/mol. The molecule has 2 fully saturated rings. The maximum absolute atomic E-state index is 3.87. The maximum Gasteiger partial charge on any atom is 0.0309 e. The molecule has 1 saturated heterocycles. The molecule has 2 nitrogen and oxygen atoms in total. The number of rotatable bonds is 5. The van der Waals surface area contributed by atoms with Gasteiger partial charge in [0.15, 0.2) is 0 Å². The van der Waals surface area contributed by atoms with Gasteiger partial charge in [-0.2, -0.15) is 0 Å². The van der Waals surface area contributed by atoms with Crippen LogP contribution in [0.15, 0.2) is 11.6 Å². The molecule has 1 heterocycles. The number of hydrogen-bond donors (Lipinski definition) is 1. The Bertz CT molecular complexity index is 358. The minimum Gasteiger partial charge on any atom is -0.308 e. The molecule has 1 saturated carbocycles. The Morgan fingerprint density at radius 1 is 1.35 bits per heavy atom. The van der Waals surface area contributed by atoms with E-state index in [1.165, 1.54) is 71.0 Å². The van der Waals surface area contributed by atoms with Gasteiger partial charge < -0.3 is 5.32 Å². The first-order valence-electron chi connectivity index (χ1n) is 8.88. The second kappa shape index (κ2) is 6.19. The number of allylic oxidation sites excluding steroid dienone is 1. The number of piperazine rings is 1. The first kappa shape index (κ1) is 14.6. The highest BCUT2D eigenvalue weighted by Gasteiger charge is 2.45. The standard InChI is InChI=1S/C18H32N2/c1-3-17-13-19-18(2,16-9-10-16)14-20(17)12-11-15-7-5-4-6-8-15/h7,16-17,19H,3-6,8-14H2,1-2H3. The molecule has 0 aromatic heterocycles. The van der Waals surface area contributed by atoms with Gasteiger partial charge in [-0.15, -0.1) is 0 Å². The van der Waals surface area contributed by atoms with Crippen molar-refractivity contribution >= 4 is 0 Å². The Morgan fingerprint density at radius 3 is 2.85 bits per heavy atom. The smallest absolute Gasteiger partial charge is 0.0309 e. The van der Waals surface area contributed by atoms with Gasteiger partial charge in [0, 0.05) is 31.2 Å². The fraction of sp³-hybridized carbons (Fsp3) is 0.889. The van der Waals surface area contributed by atoms with Gasteiger partial charge in [-0.05, 0) is 64.2 Å². The second-order valence-corrected chi connectivity index (χ2v) is 7.46. The molecule has 1 N–H and O–H groups in total. The van der Waals surface area contributed by atoms with Gasteiger partial charge >= 0.3 is 0 Å². The summed E-state index contributed by atoms with van der Waals surface area (Å²) in [6, 6.07) is 0.756. The third-order valence-corrected chi connectivity index (χ3v) is 5.84. The van der Waals surface area contributed by atoms with E-state index >= 15 is 0 Å². The van der Waals surface area contributed by atoms with Crippen molar-refractivity contribution < 1.29 is 0 Å². The Hall–Kier alpha value is -0.340. The zero-order chi connectivity index (χ0) is 14.0. The predicted octanol–water partition coefficient (Wildman–Crippen LogP) is 3.73. The molecule has 0 spiro atoms. The van der Waals surface area contributed by atoms with E-state index in [9.17, 15) is 0 Å². The van der Waals surface area contributed by atoms with E-state index < -0.39 is 0 Å². The average molecular weight is 276 g/mol. The lowest BCUT2D eigenvalue weighted by atomic mass is 9.89. The fourth-order valence-corrected chi connectivity index (χ4v) is 4.16. The van der Waals surface area contributed by atoms with E-state index in [-0.39, 0.29) is 0 Å². The van der Waals surface area contributed by atoms with Crippen molar-refractivity contribution in [3.05, 3.63) is 11.6 Å². The highest BCUT2D eigenvalue weighted by molar-refractivity contribution is 5.07. The van der Waals surface area contributed by atoms with Crippen LogP contribution in [0.3, 0.4) is 0 Å². The molecule has 3 aliphatic rings. The summed E-state index contributed by atoms with van der Waals surface area (Å²) in [6.07, 6.45) is 13.5. The first-order chi connectivity index (χ1) is 9.71. The lowest BCUT2D eigenvalue weighted by molar-refractivity contribution is 0.0737. The molecule has 0 amide bonds. The molecule has 114 valence electrons. The highest BCUT2D eigenvalue weighted by Crippen LogP contribution is 2.41. The summed E-state index contributed by atoms with van der Waals surface area (Å²) in [5, 5.41) is 3.87. The van der Waals surface area contributed by atoms with Crippen LogP contribution >= 0.6 is 0 Å². The van der Waals surface area contributed by atoms with Crippen molar-refractivity contribution in [3.63, 3.8) is 0 Å². The van der Waals surface area contributed by atoms with Crippen molar-refractivity contribution in [2.45, 2.75) is 76.8 Å². The van der Waals surface area contributed by atoms with Crippen molar-refractivity contribution in [3.8, 4) is 0 Å². The summed E-state index contributed by atoms with van der Waals surface area (Å²) in [7, 11) is 0. The fourth-order valence-electron chi connectivity index (χ4n) is 4.16. The van der Waals surface area contributed by atoms with E-state index in [2.05, 4.69) is 30.1 Å². The van der Waals surface area contributed by atoms with Crippen LogP contribution in [0.2, 0.25) is 0 Å². The molecule has 2 unspecified atom stereocenters. The topological polar surface area (TPSA) is 15.3 Å². The van der Waals surface area contributed by atoms with E-state index in [1.54, 1.807) is 5.57 Å². The third-order valence-electron chi connectivity index (χ3n) is 5.84. The third kappa shape index (κ3) is 3.28. The normalized spacial score (nSPS) is 35.9. The van der Waals surface area contributed by atoms with Crippen molar-refractivity contribution in [1.29, 1.82) is 0 Å². The van der Waals surface area contributed by atoms with E-state index in [1.807, 2.05) is 0 Å². The Balaban J connectivity index is 1.57. The lowest BCUT2D eigenvalue weighted by Crippen LogP contribution is -2.63. The van der Waals surface area contributed by atoms with E-state index in [0.717, 1.165) is 12.0 Å². The van der Waals surface area contributed by atoms with Gasteiger partial charge in [-0.1, -0.05) is 18.6 Å². The molecule has 0 bridgehead atoms. The molecule has 0 radical (unpaired) electrons. The Labute approximate surface area is 125 Å². The van der Waals surface area contributed by atoms with Crippen LogP contribution in [0.4, 0.5) is 0 Å². The predicted molar refractivity (Wildman–Crippen MR) is 86.0 cm³/mol. The number of nitrogens with one attached hydrogen (secondary N) is 1. The van der Waals surface area contributed by atoms with E-state index in [0.29, 0.717) is 5.54 Å². The first-order valence-corrected chi connectivity index (χ1v) is 8.88. The summed E-state index contributed by atoms with van der Waals surface area (Å²) >= 11 is 0. The van der Waals surface area contributed by atoms with Gasteiger partial charge in [-0.25, -0.2) is 0 Å². The van der Waals surface area contributed by atoms with Gasteiger partial charge in [0.1, 0.15) is 0 Å². The van der Waals surface area contributed by atoms with Crippen LogP contribution in [0, 0.1) is 5.92 Å². The monoisotopic (exact) mass is 276 g/mol. The Morgan fingerprint density at radius 2 is 2.20 bits per heavy atom. The van der Waals surface area contributed by atoms with Crippen molar-refractivity contribution in [2.75, 3.05) is 19.6 Å². The molecule has 1 aliphatic heterocycles. The molecule has 2 aliphatic carbocycles. The molecule has 0 aromatic carbocycles. The average Bonchev–Trinajstić information content (AvgIpc) is 3.31. The summed E-state index contributed by atoms with van der Waals surface area (Å²) < 4.78 is 0. The zero-order valence-corrected chi connectivity index (χ0v) is 13.5. The van der Waals surface area contributed by atoms with Crippen molar-refractivity contribution in [2.24, 2.45) is 5.92 Å². The molecule has 20 heavy (non-hydrogen) atoms. The van der Waals surface area contributed by atoms with Crippen LogP contribution in [0.1, 0.15) is 65.2 Å². The van der Waals surface area contributed by atoms with Crippen LogP contribution in [0.25, 0.3) is 0 Å². The van der Waals surface area contributed by atoms with Gasteiger partial charge in [0.05, 0.1) is 0 Å². The molecular formula is C18H32N2. The summed E-state index contributed by atoms with van der Waals surface area (Å²) in [5.74, 6) is 0.941.